The molecule has 5 nitrogen and oxygen atoms in total. The summed E-state index contributed by atoms with van der Waals surface area (Å²) < 4.78 is 6.45. The lowest BCUT2D eigenvalue weighted by molar-refractivity contribution is -0.138. The molecule has 1 aliphatic carbocycles. The number of nitrogens with zero attached hydrogens (tertiary/aromatic N) is 2. The van der Waals surface area contributed by atoms with Crippen LogP contribution in [0, 0.1) is 5.92 Å². The number of carbonyl (C=O) groups is 1. The lowest BCUT2D eigenvalue weighted by Gasteiger charge is -2.38. The number of anilines is 1. The topological polar surface area (TPSA) is 54.5 Å². The maximum absolute atomic E-state index is 12.3. The molecule has 0 aromatic carbocycles. The molecule has 1 saturated carbocycles. The van der Waals surface area contributed by atoms with Crippen molar-refractivity contribution in [3.8, 4) is 0 Å². The molecule has 1 spiro atoms. The third-order valence-corrected chi connectivity index (χ3v) is 5.31. The molecule has 4 rings (SSSR count). The molecule has 2 atom stereocenters. The summed E-state index contributed by atoms with van der Waals surface area (Å²) in [5.41, 5.74) is -0.0980. The molecule has 3 fully saturated rings. The van der Waals surface area contributed by atoms with Crippen molar-refractivity contribution in [1.29, 1.82) is 0 Å². The van der Waals surface area contributed by atoms with Crippen LogP contribution in [0.5, 0.6) is 0 Å². The minimum Gasteiger partial charge on any atom is -0.368 e. The second-order valence-electron chi connectivity index (χ2n) is 7.20. The van der Waals surface area contributed by atoms with E-state index in [0.29, 0.717) is 11.8 Å². The zero-order valence-electron chi connectivity index (χ0n) is 13.5. The first-order valence-corrected chi connectivity index (χ1v) is 8.86. The highest BCUT2D eigenvalue weighted by molar-refractivity contribution is 5.81. The Labute approximate surface area is 137 Å². The van der Waals surface area contributed by atoms with Gasteiger partial charge in [-0.1, -0.05) is 6.07 Å². The highest BCUT2D eigenvalue weighted by Gasteiger charge is 2.46. The summed E-state index contributed by atoms with van der Waals surface area (Å²) in [7, 11) is 0. The van der Waals surface area contributed by atoms with Crippen molar-refractivity contribution >= 4 is 11.7 Å². The summed E-state index contributed by atoms with van der Waals surface area (Å²) in [5, 5.41) is 3.37. The van der Waals surface area contributed by atoms with Gasteiger partial charge in [0.1, 0.15) is 5.82 Å². The van der Waals surface area contributed by atoms with E-state index in [4.69, 9.17) is 4.74 Å². The molecule has 1 amide bonds. The second-order valence-corrected chi connectivity index (χ2v) is 7.20. The molecule has 124 valence electrons. The van der Waals surface area contributed by atoms with Crippen molar-refractivity contribution in [2.24, 2.45) is 5.92 Å². The van der Waals surface area contributed by atoms with Crippen molar-refractivity contribution in [3.05, 3.63) is 24.4 Å². The number of hydrogen-bond donors (Lipinski definition) is 1. The summed E-state index contributed by atoms with van der Waals surface area (Å²) >= 11 is 0. The number of aromatic nitrogens is 1. The number of rotatable bonds is 4. The lowest BCUT2D eigenvalue weighted by atomic mass is 9.90. The van der Waals surface area contributed by atoms with Crippen LogP contribution in [-0.4, -0.2) is 47.1 Å². The molecule has 3 heterocycles. The van der Waals surface area contributed by atoms with Gasteiger partial charge in [0.25, 0.3) is 0 Å². The minimum absolute atomic E-state index is 0.0980. The van der Waals surface area contributed by atoms with Gasteiger partial charge in [-0.3, -0.25) is 4.79 Å². The first kappa shape index (κ1) is 14.9. The Kier molecular flexibility index (Phi) is 3.97. The minimum atomic E-state index is -0.0980. The first-order chi connectivity index (χ1) is 11.2. The predicted molar refractivity (Wildman–Crippen MR) is 88.1 cm³/mol. The fraction of sp³-hybridized carbons (Fsp3) is 0.667. The van der Waals surface area contributed by atoms with Crippen LogP contribution in [0.4, 0.5) is 5.82 Å². The van der Waals surface area contributed by atoms with Gasteiger partial charge in [-0.25, -0.2) is 4.98 Å². The normalized spacial score (nSPS) is 30.6. The zero-order chi connectivity index (χ0) is 15.7. The van der Waals surface area contributed by atoms with Crippen molar-refractivity contribution in [3.63, 3.8) is 0 Å². The quantitative estimate of drug-likeness (QED) is 0.927. The van der Waals surface area contributed by atoms with Gasteiger partial charge >= 0.3 is 0 Å². The van der Waals surface area contributed by atoms with Crippen molar-refractivity contribution < 1.29 is 9.53 Å². The number of pyridine rings is 1. The summed E-state index contributed by atoms with van der Waals surface area (Å²) in [6.07, 6.45) is 8.51. The van der Waals surface area contributed by atoms with E-state index in [9.17, 15) is 4.79 Å². The number of hydrogen-bond acceptors (Lipinski definition) is 4. The van der Waals surface area contributed by atoms with Gasteiger partial charge in [-0.05, 0) is 50.7 Å². The van der Waals surface area contributed by atoms with E-state index < -0.39 is 0 Å². The molecule has 2 aliphatic heterocycles. The Morgan fingerprint density at radius 2 is 2.26 bits per heavy atom. The molecule has 23 heavy (non-hydrogen) atoms. The Hall–Kier alpha value is -1.62. The lowest BCUT2D eigenvalue weighted by Crippen LogP contribution is -2.46. The van der Waals surface area contributed by atoms with E-state index in [1.807, 2.05) is 23.1 Å². The highest BCUT2D eigenvalue weighted by Crippen LogP contribution is 2.39. The fourth-order valence-corrected chi connectivity index (χ4v) is 3.87. The monoisotopic (exact) mass is 315 g/mol. The number of ether oxygens (including phenoxy) is 1. The highest BCUT2D eigenvalue weighted by atomic mass is 16.5. The van der Waals surface area contributed by atoms with Gasteiger partial charge in [0.2, 0.25) is 5.91 Å². The van der Waals surface area contributed by atoms with Gasteiger partial charge < -0.3 is 15.0 Å². The first-order valence-electron chi connectivity index (χ1n) is 8.86. The van der Waals surface area contributed by atoms with E-state index >= 15 is 0 Å². The third kappa shape index (κ3) is 3.34. The van der Waals surface area contributed by atoms with Crippen LogP contribution in [0.1, 0.15) is 38.5 Å². The molecule has 2 saturated heterocycles. The SMILES string of the molecule is O=C(C1CC1)N1CC[C@@]2(CCC[C@H](CNc3ccccn3)O2)C1. The number of likely N-dealkylation sites (tertiary alicyclic amines) is 1. The summed E-state index contributed by atoms with van der Waals surface area (Å²) in [4.78, 5) is 18.6. The zero-order valence-corrected chi connectivity index (χ0v) is 13.5. The van der Waals surface area contributed by atoms with Crippen LogP contribution in [0.25, 0.3) is 0 Å². The van der Waals surface area contributed by atoms with Crippen LogP contribution in [0.2, 0.25) is 0 Å². The van der Waals surface area contributed by atoms with Gasteiger partial charge in [0.05, 0.1) is 11.7 Å². The molecule has 1 aromatic rings. The Morgan fingerprint density at radius 1 is 1.35 bits per heavy atom. The average molecular weight is 315 g/mol. The summed E-state index contributed by atoms with van der Waals surface area (Å²) in [6.45, 7) is 2.45. The Balaban J connectivity index is 1.33. The van der Waals surface area contributed by atoms with Crippen molar-refractivity contribution in [2.45, 2.75) is 50.2 Å². The second kappa shape index (κ2) is 6.11. The predicted octanol–water partition coefficient (Wildman–Crippen LogP) is 2.44. The maximum atomic E-state index is 12.3. The van der Waals surface area contributed by atoms with E-state index in [1.54, 1.807) is 6.20 Å². The standard InChI is InChI=1S/C18H25N3O2/c22-17(14-6-7-14)21-11-9-18(13-21)8-3-4-15(23-18)12-20-16-5-1-2-10-19-16/h1-2,5,10,14-15H,3-4,6-9,11-13H2,(H,19,20)/t15-,18+/m1/s1. The van der Waals surface area contributed by atoms with E-state index in [0.717, 1.165) is 57.6 Å². The maximum Gasteiger partial charge on any atom is 0.225 e. The molecule has 0 radical (unpaired) electrons. The van der Waals surface area contributed by atoms with Crippen LogP contribution in [0.15, 0.2) is 24.4 Å². The van der Waals surface area contributed by atoms with Crippen LogP contribution >= 0.6 is 0 Å². The summed E-state index contributed by atoms with van der Waals surface area (Å²) in [5.74, 6) is 1.57. The van der Waals surface area contributed by atoms with Gasteiger partial charge in [-0.15, -0.1) is 0 Å². The van der Waals surface area contributed by atoms with Crippen LogP contribution in [-0.2, 0) is 9.53 Å². The summed E-state index contributed by atoms with van der Waals surface area (Å²) in [6, 6.07) is 5.88. The Morgan fingerprint density at radius 3 is 3.04 bits per heavy atom. The molecule has 5 heteroatoms. The Bertz CT molecular complexity index is 561. The van der Waals surface area contributed by atoms with Crippen molar-refractivity contribution in [2.75, 3.05) is 25.0 Å². The van der Waals surface area contributed by atoms with Crippen LogP contribution < -0.4 is 5.32 Å². The average Bonchev–Trinajstić information content (AvgIpc) is 3.36. The van der Waals surface area contributed by atoms with E-state index in [-0.39, 0.29) is 11.7 Å². The number of amides is 1. The molecule has 3 aliphatic rings. The fourth-order valence-electron chi connectivity index (χ4n) is 3.87. The number of carbonyl (C=O) groups excluding carboxylic acids is 1. The molecule has 1 aromatic heterocycles. The molecule has 0 unspecified atom stereocenters. The van der Waals surface area contributed by atoms with Gasteiger partial charge in [-0.2, -0.15) is 0 Å². The smallest absolute Gasteiger partial charge is 0.225 e. The third-order valence-electron chi connectivity index (χ3n) is 5.31. The van der Waals surface area contributed by atoms with E-state index in [2.05, 4.69) is 10.3 Å². The van der Waals surface area contributed by atoms with E-state index in [1.165, 1.54) is 6.42 Å². The van der Waals surface area contributed by atoms with Crippen LogP contribution in [0.3, 0.4) is 0 Å². The van der Waals surface area contributed by atoms with Gasteiger partial charge in [0, 0.05) is 31.7 Å². The van der Waals surface area contributed by atoms with Gasteiger partial charge in [0.15, 0.2) is 0 Å². The molecule has 1 N–H and O–H groups in total. The molecular weight excluding hydrogens is 290 g/mol. The largest absolute Gasteiger partial charge is 0.368 e. The van der Waals surface area contributed by atoms with Crippen molar-refractivity contribution in [1.82, 2.24) is 9.88 Å². The molecular formula is C18H25N3O2. The number of nitrogens with one attached hydrogen (secondary N) is 1. The molecule has 0 bridgehead atoms.